The van der Waals surface area contributed by atoms with Gasteiger partial charge in [-0.2, -0.15) is 0 Å². The molecule has 0 aliphatic heterocycles. The van der Waals surface area contributed by atoms with Crippen molar-refractivity contribution in [3.63, 3.8) is 0 Å². The molecule has 1 atom stereocenters. The van der Waals surface area contributed by atoms with Crippen LogP contribution in [0.4, 0.5) is 0 Å². The van der Waals surface area contributed by atoms with Crippen LogP contribution in [0.25, 0.3) is 0 Å². The van der Waals surface area contributed by atoms with Crippen molar-refractivity contribution >= 4 is 11.6 Å². The van der Waals surface area contributed by atoms with Gasteiger partial charge in [0.1, 0.15) is 0 Å². The Bertz CT molecular complexity index is 360. The summed E-state index contributed by atoms with van der Waals surface area (Å²) >= 11 is 6.08. The highest BCUT2D eigenvalue weighted by molar-refractivity contribution is 6.30. The maximum atomic E-state index is 6.08. The lowest BCUT2D eigenvalue weighted by atomic mass is 9.96. The van der Waals surface area contributed by atoms with Gasteiger partial charge in [-0.1, -0.05) is 30.7 Å². The van der Waals surface area contributed by atoms with E-state index in [-0.39, 0.29) is 0 Å². The Morgan fingerprint density at radius 3 is 2.80 bits per heavy atom. The summed E-state index contributed by atoms with van der Waals surface area (Å²) in [7, 11) is 1.69. The van der Waals surface area contributed by atoms with Gasteiger partial charge in [-0.15, -0.1) is 0 Å². The zero-order chi connectivity index (χ0) is 14.6. The van der Waals surface area contributed by atoms with E-state index in [0.717, 1.165) is 37.6 Å². The van der Waals surface area contributed by atoms with Crippen molar-refractivity contribution in [1.82, 2.24) is 5.32 Å². The summed E-state index contributed by atoms with van der Waals surface area (Å²) in [5.41, 5.74) is 1.27. The van der Waals surface area contributed by atoms with Crippen molar-refractivity contribution in [2.24, 2.45) is 0 Å². The fraction of sp³-hybridized carbons (Fsp3) is 0.625. The van der Waals surface area contributed by atoms with Crippen molar-refractivity contribution < 1.29 is 9.47 Å². The second kappa shape index (κ2) is 11.1. The van der Waals surface area contributed by atoms with E-state index in [1.807, 2.05) is 12.1 Å². The van der Waals surface area contributed by atoms with Gasteiger partial charge >= 0.3 is 0 Å². The molecular formula is C16H26ClNO2. The Kier molecular flexibility index (Phi) is 9.67. The second-order valence-corrected chi connectivity index (χ2v) is 5.29. The van der Waals surface area contributed by atoms with E-state index < -0.39 is 0 Å². The molecular weight excluding hydrogens is 274 g/mol. The molecule has 20 heavy (non-hydrogen) atoms. The van der Waals surface area contributed by atoms with Crippen LogP contribution in [-0.4, -0.2) is 40.0 Å². The van der Waals surface area contributed by atoms with Crippen LogP contribution in [-0.2, 0) is 9.47 Å². The van der Waals surface area contributed by atoms with E-state index in [9.17, 15) is 0 Å². The van der Waals surface area contributed by atoms with Crippen molar-refractivity contribution in [2.75, 3.05) is 40.0 Å². The number of methoxy groups -OCH3 is 1. The first kappa shape index (κ1) is 17.4. The molecule has 0 fully saturated rings. The number of nitrogens with one attached hydrogen (secondary N) is 1. The molecule has 0 radical (unpaired) electrons. The third-order valence-electron chi connectivity index (χ3n) is 3.18. The topological polar surface area (TPSA) is 30.5 Å². The molecule has 0 aromatic heterocycles. The van der Waals surface area contributed by atoms with Crippen LogP contribution >= 0.6 is 11.6 Å². The normalized spacial score (nSPS) is 12.6. The van der Waals surface area contributed by atoms with E-state index in [0.29, 0.717) is 19.1 Å². The molecule has 0 spiro atoms. The molecule has 4 heteroatoms. The third kappa shape index (κ3) is 7.25. The first-order valence-electron chi connectivity index (χ1n) is 7.30. The summed E-state index contributed by atoms with van der Waals surface area (Å²) in [5, 5.41) is 4.28. The average molecular weight is 300 g/mol. The summed E-state index contributed by atoms with van der Waals surface area (Å²) in [4.78, 5) is 0. The highest BCUT2D eigenvalue weighted by Gasteiger charge is 2.11. The van der Waals surface area contributed by atoms with Crippen LogP contribution in [0.3, 0.4) is 0 Å². The largest absolute Gasteiger partial charge is 0.382 e. The van der Waals surface area contributed by atoms with Gasteiger partial charge in [0.25, 0.3) is 0 Å². The van der Waals surface area contributed by atoms with E-state index in [2.05, 4.69) is 24.4 Å². The van der Waals surface area contributed by atoms with Gasteiger partial charge < -0.3 is 14.8 Å². The van der Waals surface area contributed by atoms with Crippen molar-refractivity contribution in [1.29, 1.82) is 0 Å². The molecule has 0 saturated carbocycles. The number of benzene rings is 1. The SMILES string of the molecule is CCCNCC(CCOCCOC)c1cccc(Cl)c1. The first-order chi connectivity index (χ1) is 9.77. The quantitative estimate of drug-likeness (QED) is 0.635. The molecule has 0 saturated heterocycles. The molecule has 0 aliphatic carbocycles. The molecule has 3 nitrogen and oxygen atoms in total. The summed E-state index contributed by atoms with van der Waals surface area (Å²) in [6.07, 6.45) is 2.13. The minimum absolute atomic E-state index is 0.433. The average Bonchev–Trinajstić information content (AvgIpc) is 2.45. The standard InChI is InChI=1S/C16H26ClNO2/c1-3-8-18-13-15(7-9-20-11-10-19-2)14-5-4-6-16(17)12-14/h4-6,12,15,18H,3,7-11,13H2,1-2H3. The highest BCUT2D eigenvalue weighted by atomic mass is 35.5. The van der Waals surface area contributed by atoms with Gasteiger partial charge in [-0.05, 0) is 43.0 Å². The third-order valence-corrected chi connectivity index (χ3v) is 3.42. The minimum atomic E-state index is 0.433. The Balaban J connectivity index is 2.47. The first-order valence-corrected chi connectivity index (χ1v) is 7.68. The lowest BCUT2D eigenvalue weighted by Gasteiger charge is -2.18. The molecule has 0 amide bonds. The number of rotatable bonds is 11. The molecule has 1 unspecified atom stereocenters. The molecule has 0 bridgehead atoms. The number of hydrogen-bond donors (Lipinski definition) is 1. The fourth-order valence-electron chi connectivity index (χ4n) is 2.07. The Labute approximate surface area is 127 Å². The van der Waals surface area contributed by atoms with Crippen molar-refractivity contribution in [3.05, 3.63) is 34.9 Å². The van der Waals surface area contributed by atoms with E-state index in [1.54, 1.807) is 7.11 Å². The molecule has 1 aromatic rings. The molecule has 0 aliphatic rings. The molecule has 114 valence electrons. The zero-order valence-electron chi connectivity index (χ0n) is 12.5. The second-order valence-electron chi connectivity index (χ2n) is 4.85. The van der Waals surface area contributed by atoms with Crippen LogP contribution in [0.2, 0.25) is 5.02 Å². The maximum absolute atomic E-state index is 6.08. The zero-order valence-corrected chi connectivity index (χ0v) is 13.3. The van der Waals surface area contributed by atoms with Crippen LogP contribution in [0, 0.1) is 0 Å². The Morgan fingerprint density at radius 1 is 1.25 bits per heavy atom. The number of halogens is 1. The molecule has 1 rings (SSSR count). The smallest absolute Gasteiger partial charge is 0.0700 e. The van der Waals surface area contributed by atoms with Crippen LogP contribution < -0.4 is 5.32 Å². The van der Waals surface area contributed by atoms with E-state index >= 15 is 0 Å². The van der Waals surface area contributed by atoms with Crippen molar-refractivity contribution in [3.8, 4) is 0 Å². The Hall–Kier alpha value is -0.610. The number of ether oxygens (including phenoxy) is 2. The summed E-state index contributed by atoms with van der Waals surface area (Å²) < 4.78 is 10.6. The molecule has 0 heterocycles. The van der Waals surface area contributed by atoms with Crippen molar-refractivity contribution in [2.45, 2.75) is 25.7 Å². The van der Waals surface area contributed by atoms with Gasteiger partial charge in [-0.25, -0.2) is 0 Å². The van der Waals surface area contributed by atoms with Gasteiger partial charge in [0.05, 0.1) is 13.2 Å². The maximum Gasteiger partial charge on any atom is 0.0700 e. The van der Waals surface area contributed by atoms with Gasteiger partial charge in [-0.3, -0.25) is 0 Å². The summed E-state index contributed by atoms with van der Waals surface area (Å²) in [6.45, 7) is 6.23. The highest BCUT2D eigenvalue weighted by Crippen LogP contribution is 2.22. The summed E-state index contributed by atoms with van der Waals surface area (Å²) in [5.74, 6) is 0.433. The van der Waals surface area contributed by atoms with Crippen LogP contribution in [0.15, 0.2) is 24.3 Å². The van der Waals surface area contributed by atoms with Gasteiger partial charge in [0, 0.05) is 25.3 Å². The van der Waals surface area contributed by atoms with Gasteiger partial charge in [0.15, 0.2) is 0 Å². The predicted molar refractivity (Wildman–Crippen MR) is 84.7 cm³/mol. The lowest BCUT2D eigenvalue weighted by molar-refractivity contribution is 0.0670. The van der Waals surface area contributed by atoms with E-state index in [1.165, 1.54) is 5.56 Å². The summed E-state index contributed by atoms with van der Waals surface area (Å²) in [6, 6.07) is 8.11. The van der Waals surface area contributed by atoms with E-state index in [4.69, 9.17) is 21.1 Å². The number of hydrogen-bond acceptors (Lipinski definition) is 3. The molecule has 1 aromatic carbocycles. The van der Waals surface area contributed by atoms with Gasteiger partial charge in [0.2, 0.25) is 0 Å². The monoisotopic (exact) mass is 299 g/mol. The Morgan fingerprint density at radius 2 is 2.10 bits per heavy atom. The lowest BCUT2D eigenvalue weighted by Crippen LogP contribution is -2.23. The minimum Gasteiger partial charge on any atom is -0.382 e. The molecule has 1 N–H and O–H groups in total. The fourth-order valence-corrected chi connectivity index (χ4v) is 2.27. The van der Waals surface area contributed by atoms with Crippen LogP contribution in [0.5, 0.6) is 0 Å². The van der Waals surface area contributed by atoms with Crippen LogP contribution in [0.1, 0.15) is 31.2 Å². The predicted octanol–water partition coefficient (Wildman–Crippen LogP) is 3.48.